The van der Waals surface area contributed by atoms with Gasteiger partial charge < -0.3 is 15.4 Å². The Hall–Kier alpha value is -3.19. The number of likely N-dealkylation sites (tertiary alicyclic amines) is 1. The first-order chi connectivity index (χ1) is 15.0. The van der Waals surface area contributed by atoms with Crippen LogP contribution in [0.4, 0.5) is 0 Å². The summed E-state index contributed by atoms with van der Waals surface area (Å²) in [5.41, 5.74) is 7.30. The molecule has 0 bridgehead atoms. The van der Waals surface area contributed by atoms with E-state index in [1.165, 1.54) is 5.01 Å². The van der Waals surface area contributed by atoms with E-state index in [2.05, 4.69) is 5.10 Å². The van der Waals surface area contributed by atoms with Crippen molar-refractivity contribution in [2.75, 3.05) is 26.7 Å². The van der Waals surface area contributed by atoms with Gasteiger partial charge in [0.1, 0.15) is 11.2 Å². The number of fused-ring (bicyclic) bond motifs is 1. The van der Waals surface area contributed by atoms with Crippen LogP contribution in [0.3, 0.4) is 0 Å². The summed E-state index contributed by atoms with van der Waals surface area (Å²) in [6.07, 6.45) is 1.50. The normalized spacial score (nSPS) is 21.5. The van der Waals surface area contributed by atoms with E-state index in [-0.39, 0.29) is 11.8 Å². The monoisotopic (exact) mass is 420 g/mol. The van der Waals surface area contributed by atoms with Gasteiger partial charge in [-0.3, -0.25) is 9.59 Å². The topological polar surface area (TPSA) is 88.2 Å². The van der Waals surface area contributed by atoms with Crippen LogP contribution in [-0.4, -0.2) is 60.2 Å². The second-order valence-electron chi connectivity index (χ2n) is 8.19. The average Bonchev–Trinajstić information content (AvgIpc) is 3.04. The molecule has 2 N–H and O–H groups in total. The molecule has 2 aromatic carbocycles. The maximum atomic E-state index is 13.2. The molecule has 0 aromatic heterocycles. The molecule has 0 radical (unpaired) electrons. The molecule has 7 nitrogen and oxygen atoms in total. The third kappa shape index (κ3) is 4.32. The van der Waals surface area contributed by atoms with Crippen molar-refractivity contribution < 1.29 is 14.3 Å². The van der Waals surface area contributed by atoms with E-state index >= 15 is 0 Å². The van der Waals surface area contributed by atoms with Crippen LogP contribution in [0.2, 0.25) is 0 Å². The van der Waals surface area contributed by atoms with Crippen molar-refractivity contribution in [1.29, 1.82) is 0 Å². The minimum absolute atomic E-state index is 0.0650. The van der Waals surface area contributed by atoms with E-state index in [9.17, 15) is 9.59 Å². The second kappa shape index (κ2) is 8.89. The average molecular weight is 421 g/mol. The maximum absolute atomic E-state index is 13.2. The Morgan fingerprint density at radius 3 is 2.55 bits per heavy atom. The van der Waals surface area contributed by atoms with E-state index in [0.29, 0.717) is 39.0 Å². The first-order valence-electron chi connectivity index (χ1n) is 10.6. The number of nitrogens with two attached hydrogens (primary N) is 1. The molecule has 2 atom stereocenters. The summed E-state index contributed by atoms with van der Waals surface area (Å²) < 4.78 is 5.68. The van der Waals surface area contributed by atoms with E-state index in [4.69, 9.17) is 10.5 Å². The van der Waals surface area contributed by atoms with Crippen molar-refractivity contribution in [3.05, 3.63) is 66.2 Å². The Balaban J connectivity index is 1.44. The molecule has 7 heteroatoms. The molecule has 0 spiro atoms. The van der Waals surface area contributed by atoms with Crippen molar-refractivity contribution >= 4 is 17.5 Å². The van der Waals surface area contributed by atoms with Crippen LogP contribution in [0.5, 0.6) is 5.75 Å². The van der Waals surface area contributed by atoms with Gasteiger partial charge in [0.2, 0.25) is 5.91 Å². The molecule has 2 heterocycles. The van der Waals surface area contributed by atoms with Gasteiger partial charge in [-0.05, 0) is 24.1 Å². The third-order valence-corrected chi connectivity index (χ3v) is 6.02. The van der Waals surface area contributed by atoms with Gasteiger partial charge in [0.05, 0.1) is 18.4 Å². The minimum atomic E-state index is -0.815. The molecule has 0 aliphatic carbocycles. The zero-order chi connectivity index (χ0) is 21.8. The molecule has 162 valence electrons. The first kappa shape index (κ1) is 21.1. The largest absolute Gasteiger partial charge is 0.494 e. The number of hydrogen-bond acceptors (Lipinski definition) is 5. The zero-order valence-electron chi connectivity index (χ0n) is 17.7. The molecular formula is C24H28N4O3. The minimum Gasteiger partial charge on any atom is -0.494 e. The van der Waals surface area contributed by atoms with Crippen molar-refractivity contribution in [2.24, 2.45) is 16.3 Å². The van der Waals surface area contributed by atoms with Crippen molar-refractivity contribution in [1.82, 2.24) is 9.91 Å². The lowest BCUT2D eigenvalue weighted by molar-refractivity contribution is -0.140. The Morgan fingerprint density at radius 2 is 1.84 bits per heavy atom. The molecular weight excluding hydrogens is 392 g/mol. The van der Waals surface area contributed by atoms with E-state index in [1.807, 2.05) is 60.7 Å². The van der Waals surface area contributed by atoms with Gasteiger partial charge in [-0.25, -0.2) is 5.01 Å². The lowest BCUT2D eigenvalue weighted by Crippen LogP contribution is -2.58. The number of ether oxygens (including phenoxy) is 1. The van der Waals surface area contributed by atoms with Crippen LogP contribution in [-0.2, 0) is 16.0 Å². The number of para-hydroxylation sites is 1. The predicted octanol–water partition coefficient (Wildman–Crippen LogP) is 2.07. The van der Waals surface area contributed by atoms with Crippen LogP contribution in [0.15, 0.2) is 65.8 Å². The summed E-state index contributed by atoms with van der Waals surface area (Å²) in [6, 6.07) is 18.7. The molecule has 31 heavy (non-hydrogen) atoms. The van der Waals surface area contributed by atoms with Gasteiger partial charge in [0.15, 0.2) is 0 Å². The standard InChI is InChI=1S/C24H28N4O3/c1-27-23(30)24(16-18-8-4-2-5-9-18)17-28(14-12-21(24)26-27)22(29)20(25)13-15-31-19-10-6-3-7-11-19/h2-11,20H,12-17,25H2,1H3. The highest BCUT2D eigenvalue weighted by Crippen LogP contribution is 2.38. The quantitative estimate of drug-likeness (QED) is 0.743. The summed E-state index contributed by atoms with van der Waals surface area (Å²) in [7, 11) is 1.68. The van der Waals surface area contributed by atoms with Gasteiger partial charge in [0, 0.05) is 33.0 Å². The highest BCUT2D eigenvalue weighted by Gasteiger charge is 2.53. The Morgan fingerprint density at radius 1 is 1.16 bits per heavy atom. The number of nitrogens with zero attached hydrogens (tertiary/aromatic N) is 3. The van der Waals surface area contributed by atoms with Crippen LogP contribution < -0.4 is 10.5 Å². The van der Waals surface area contributed by atoms with Crippen LogP contribution in [0.25, 0.3) is 0 Å². The van der Waals surface area contributed by atoms with Crippen LogP contribution >= 0.6 is 0 Å². The van der Waals surface area contributed by atoms with Crippen LogP contribution in [0.1, 0.15) is 18.4 Å². The maximum Gasteiger partial charge on any atom is 0.256 e. The summed E-state index contributed by atoms with van der Waals surface area (Å²) in [5.74, 6) is 0.540. The third-order valence-electron chi connectivity index (χ3n) is 6.02. The van der Waals surface area contributed by atoms with Crippen LogP contribution in [0, 0.1) is 5.41 Å². The second-order valence-corrected chi connectivity index (χ2v) is 8.19. The highest BCUT2D eigenvalue weighted by atomic mass is 16.5. The lowest BCUT2D eigenvalue weighted by atomic mass is 9.73. The molecule has 2 aromatic rings. The smallest absolute Gasteiger partial charge is 0.256 e. The summed E-state index contributed by atoms with van der Waals surface area (Å²) in [6.45, 7) is 1.17. The van der Waals surface area contributed by atoms with Gasteiger partial charge in [-0.1, -0.05) is 48.5 Å². The summed E-state index contributed by atoms with van der Waals surface area (Å²) in [5, 5.41) is 5.91. The fourth-order valence-corrected chi connectivity index (χ4v) is 4.39. The van der Waals surface area contributed by atoms with Gasteiger partial charge in [-0.2, -0.15) is 5.10 Å². The van der Waals surface area contributed by atoms with Gasteiger partial charge in [0.25, 0.3) is 5.91 Å². The molecule has 2 unspecified atom stereocenters. The fourth-order valence-electron chi connectivity index (χ4n) is 4.39. The number of piperidine rings is 1. The number of benzene rings is 2. The number of carbonyl (C=O) groups is 2. The number of hydrogen-bond donors (Lipinski definition) is 1. The SMILES string of the molecule is CN1N=C2CCN(C(=O)C(N)CCOc3ccccc3)CC2(Cc2ccccc2)C1=O. The number of amides is 2. The number of hydrazone groups is 1. The fraction of sp³-hybridized carbons (Fsp3) is 0.375. The molecule has 0 saturated carbocycles. The predicted molar refractivity (Wildman–Crippen MR) is 119 cm³/mol. The Labute approximate surface area is 182 Å². The van der Waals surface area contributed by atoms with Gasteiger partial charge >= 0.3 is 0 Å². The summed E-state index contributed by atoms with van der Waals surface area (Å²) in [4.78, 5) is 28.0. The van der Waals surface area contributed by atoms with E-state index in [1.54, 1.807) is 11.9 Å². The Kier molecular flexibility index (Phi) is 6.04. The highest BCUT2D eigenvalue weighted by molar-refractivity contribution is 6.13. The molecule has 2 amide bonds. The van der Waals surface area contributed by atoms with Gasteiger partial charge in [-0.15, -0.1) is 0 Å². The van der Waals surface area contributed by atoms with Crippen molar-refractivity contribution in [2.45, 2.75) is 25.3 Å². The Bertz CT molecular complexity index is 963. The lowest BCUT2D eigenvalue weighted by Gasteiger charge is -2.40. The molecule has 2 aliphatic rings. The van der Waals surface area contributed by atoms with Crippen molar-refractivity contribution in [3.63, 3.8) is 0 Å². The summed E-state index contributed by atoms with van der Waals surface area (Å²) >= 11 is 0. The van der Waals surface area contributed by atoms with Crippen molar-refractivity contribution in [3.8, 4) is 5.75 Å². The molecule has 4 rings (SSSR count). The number of carbonyl (C=O) groups excluding carboxylic acids is 2. The van der Waals surface area contributed by atoms with E-state index < -0.39 is 11.5 Å². The number of rotatable bonds is 7. The van der Waals surface area contributed by atoms with E-state index in [0.717, 1.165) is 17.0 Å². The zero-order valence-corrected chi connectivity index (χ0v) is 17.7. The molecule has 2 aliphatic heterocycles. The molecule has 1 saturated heterocycles. The molecule has 1 fully saturated rings. The first-order valence-corrected chi connectivity index (χ1v) is 10.6.